The molecular formula is C19H16F3N5O5. The zero-order valence-corrected chi connectivity index (χ0v) is 16.2. The molecule has 1 amide bonds. The van der Waals surface area contributed by atoms with Crippen LogP contribution in [0.2, 0.25) is 0 Å². The maximum atomic E-state index is 12.0. The van der Waals surface area contributed by atoms with Crippen LogP contribution < -0.4 is 5.32 Å². The van der Waals surface area contributed by atoms with Crippen molar-refractivity contribution in [3.63, 3.8) is 0 Å². The second kappa shape index (κ2) is 9.76. The number of furan rings is 1. The van der Waals surface area contributed by atoms with E-state index < -0.39 is 12.1 Å². The Morgan fingerprint density at radius 3 is 2.59 bits per heavy atom. The molecule has 0 aliphatic rings. The molecule has 0 fully saturated rings. The van der Waals surface area contributed by atoms with Gasteiger partial charge >= 0.3 is 12.1 Å². The van der Waals surface area contributed by atoms with Crippen molar-refractivity contribution in [2.75, 3.05) is 0 Å². The third kappa shape index (κ3) is 6.17. The molecule has 0 radical (unpaired) electrons. The quantitative estimate of drug-likeness (QED) is 0.457. The number of amides is 1. The average Bonchev–Trinajstić information content (AvgIpc) is 3.50. The van der Waals surface area contributed by atoms with E-state index in [4.69, 9.17) is 18.8 Å². The summed E-state index contributed by atoms with van der Waals surface area (Å²) in [7, 11) is 0. The van der Waals surface area contributed by atoms with E-state index in [1.54, 1.807) is 12.1 Å². The first-order valence-electron chi connectivity index (χ1n) is 9.08. The first-order chi connectivity index (χ1) is 15.2. The first-order valence-corrected chi connectivity index (χ1v) is 9.08. The lowest BCUT2D eigenvalue weighted by Gasteiger charge is -2.01. The van der Waals surface area contributed by atoms with E-state index in [0.29, 0.717) is 30.4 Å². The number of carboxylic acid groups (broad SMARTS) is 1. The number of carbonyl (C=O) groups excluding carboxylic acids is 1. The Bertz CT molecular complexity index is 1150. The molecule has 4 aromatic heterocycles. The summed E-state index contributed by atoms with van der Waals surface area (Å²) >= 11 is 0. The lowest BCUT2D eigenvalue weighted by molar-refractivity contribution is -0.192. The number of alkyl halides is 3. The molecule has 0 saturated heterocycles. The summed E-state index contributed by atoms with van der Waals surface area (Å²) in [6, 6.07) is 9.26. The fraction of sp³-hybridized carbons (Fsp3) is 0.211. The fourth-order valence-corrected chi connectivity index (χ4v) is 2.43. The summed E-state index contributed by atoms with van der Waals surface area (Å²) in [6.07, 6.45) is 0.888. The third-order valence-electron chi connectivity index (χ3n) is 3.90. The summed E-state index contributed by atoms with van der Waals surface area (Å²) in [5.41, 5.74) is 1.65. The van der Waals surface area contributed by atoms with Crippen LogP contribution in [0.4, 0.5) is 13.2 Å². The van der Waals surface area contributed by atoms with E-state index in [1.807, 2.05) is 35.0 Å². The van der Waals surface area contributed by atoms with Gasteiger partial charge in [-0.15, -0.1) is 0 Å². The van der Waals surface area contributed by atoms with E-state index in [9.17, 15) is 18.0 Å². The van der Waals surface area contributed by atoms with E-state index in [2.05, 4.69) is 20.4 Å². The number of halogens is 3. The molecule has 0 bridgehead atoms. The Kier molecular flexibility index (Phi) is 6.87. The predicted octanol–water partition coefficient (Wildman–Crippen LogP) is 2.86. The summed E-state index contributed by atoms with van der Waals surface area (Å²) < 4.78 is 44.0. The summed E-state index contributed by atoms with van der Waals surface area (Å²) in [5, 5.41) is 13.8. The zero-order valence-electron chi connectivity index (χ0n) is 16.2. The highest BCUT2D eigenvalue weighted by molar-refractivity contribution is 5.76. The second-order valence-electron chi connectivity index (χ2n) is 6.27. The van der Waals surface area contributed by atoms with Gasteiger partial charge in [-0.25, -0.2) is 9.78 Å². The molecule has 0 spiro atoms. The highest BCUT2D eigenvalue weighted by Gasteiger charge is 2.38. The topological polar surface area (TPSA) is 136 Å². The minimum atomic E-state index is -5.08. The van der Waals surface area contributed by atoms with Crippen LogP contribution in [0.25, 0.3) is 17.2 Å². The van der Waals surface area contributed by atoms with Gasteiger partial charge in [0.15, 0.2) is 5.76 Å². The van der Waals surface area contributed by atoms with Crippen molar-refractivity contribution in [3.05, 3.63) is 60.6 Å². The molecule has 0 aliphatic heterocycles. The molecular weight excluding hydrogens is 435 g/mol. The number of hydrogen-bond donors (Lipinski definition) is 2. The van der Waals surface area contributed by atoms with Crippen LogP contribution in [0.5, 0.6) is 0 Å². The number of hydrogen-bond acceptors (Lipinski definition) is 7. The van der Waals surface area contributed by atoms with Gasteiger partial charge in [0.1, 0.15) is 5.65 Å². The second-order valence-corrected chi connectivity index (χ2v) is 6.27. The number of carbonyl (C=O) groups is 2. The fourth-order valence-electron chi connectivity index (χ4n) is 2.43. The van der Waals surface area contributed by atoms with Crippen LogP contribution in [0.15, 0.2) is 57.9 Å². The number of aromatic nitrogens is 4. The number of aliphatic carboxylic acids is 1. The van der Waals surface area contributed by atoms with Gasteiger partial charge in [-0.3, -0.25) is 4.79 Å². The number of imidazole rings is 1. The van der Waals surface area contributed by atoms with Crippen molar-refractivity contribution in [1.29, 1.82) is 0 Å². The zero-order chi connectivity index (χ0) is 23.1. The molecule has 10 nitrogen and oxygen atoms in total. The van der Waals surface area contributed by atoms with E-state index in [-0.39, 0.29) is 12.3 Å². The Morgan fingerprint density at radius 2 is 1.94 bits per heavy atom. The first kappa shape index (κ1) is 22.5. The van der Waals surface area contributed by atoms with E-state index in [1.165, 1.54) is 6.26 Å². The van der Waals surface area contributed by atoms with Gasteiger partial charge in [0.25, 0.3) is 0 Å². The Morgan fingerprint density at radius 1 is 1.16 bits per heavy atom. The van der Waals surface area contributed by atoms with Gasteiger partial charge in [0.2, 0.25) is 17.6 Å². The molecule has 4 heterocycles. The van der Waals surface area contributed by atoms with Gasteiger partial charge in [-0.1, -0.05) is 11.2 Å². The molecule has 0 aromatic carbocycles. The van der Waals surface area contributed by atoms with Crippen molar-refractivity contribution < 1.29 is 36.8 Å². The number of rotatable bonds is 6. The lowest BCUT2D eigenvalue weighted by Crippen LogP contribution is -2.23. The monoisotopic (exact) mass is 451 g/mol. The average molecular weight is 451 g/mol. The SMILES string of the molecule is O=C(CCc1nc(-c2ccco2)no1)NCc1cn2ccccc2n1.O=C(O)C(F)(F)F. The smallest absolute Gasteiger partial charge is 0.475 e. The minimum absolute atomic E-state index is 0.102. The number of nitrogens with one attached hydrogen (secondary N) is 1. The maximum Gasteiger partial charge on any atom is 0.490 e. The molecule has 0 saturated carbocycles. The van der Waals surface area contributed by atoms with Crippen LogP contribution in [-0.2, 0) is 22.6 Å². The van der Waals surface area contributed by atoms with Crippen molar-refractivity contribution in [1.82, 2.24) is 24.8 Å². The minimum Gasteiger partial charge on any atom is -0.475 e. The Balaban J connectivity index is 0.000000360. The van der Waals surface area contributed by atoms with Crippen molar-refractivity contribution in [2.24, 2.45) is 0 Å². The van der Waals surface area contributed by atoms with Crippen LogP contribution in [0.3, 0.4) is 0 Å². The molecule has 0 aliphatic carbocycles. The van der Waals surface area contributed by atoms with Crippen LogP contribution in [-0.4, -0.2) is 42.7 Å². The molecule has 4 aromatic rings. The van der Waals surface area contributed by atoms with E-state index >= 15 is 0 Å². The number of fused-ring (bicyclic) bond motifs is 1. The van der Waals surface area contributed by atoms with Gasteiger partial charge in [-0.05, 0) is 24.3 Å². The van der Waals surface area contributed by atoms with Gasteiger partial charge < -0.3 is 23.8 Å². The normalized spacial score (nSPS) is 11.1. The highest BCUT2D eigenvalue weighted by atomic mass is 19.4. The highest BCUT2D eigenvalue weighted by Crippen LogP contribution is 2.16. The number of carboxylic acids is 1. The van der Waals surface area contributed by atoms with Crippen LogP contribution >= 0.6 is 0 Å². The van der Waals surface area contributed by atoms with Crippen LogP contribution in [0.1, 0.15) is 18.0 Å². The predicted molar refractivity (Wildman–Crippen MR) is 101 cm³/mol. The number of nitrogens with zero attached hydrogens (tertiary/aromatic N) is 4. The third-order valence-corrected chi connectivity index (χ3v) is 3.90. The van der Waals surface area contributed by atoms with Crippen LogP contribution in [0, 0.1) is 0 Å². The molecule has 0 unspecified atom stereocenters. The van der Waals surface area contributed by atoms with E-state index in [0.717, 1.165) is 11.3 Å². The summed E-state index contributed by atoms with van der Waals surface area (Å²) in [5.74, 6) is -1.55. The lowest BCUT2D eigenvalue weighted by atomic mass is 10.3. The standard InChI is InChI=1S/C17H15N5O3.C2HF3O2/c23-15(18-10-12-11-22-8-2-1-5-14(22)19-12)6-7-16-20-17(21-25-16)13-4-3-9-24-13;3-2(4,5)1(6)7/h1-5,8-9,11H,6-7,10H2,(H,18,23);(H,6,7). The van der Waals surface area contributed by atoms with Gasteiger partial charge in [-0.2, -0.15) is 18.2 Å². The van der Waals surface area contributed by atoms with Crippen molar-refractivity contribution in [3.8, 4) is 11.6 Å². The molecule has 13 heteroatoms. The molecule has 32 heavy (non-hydrogen) atoms. The molecule has 4 rings (SSSR count). The summed E-state index contributed by atoms with van der Waals surface area (Å²) in [6.45, 7) is 0.377. The molecule has 2 N–H and O–H groups in total. The largest absolute Gasteiger partial charge is 0.490 e. The van der Waals surface area contributed by atoms with Gasteiger partial charge in [0, 0.05) is 25.2 Å². The Labute approximate surface area is 177 Å². The number of aryl methyl sites for hydroxylation is 1. The number of pyridine rings is 1. The molecule has 168 valence electrons. The molecule has 0 atom stereocenters. The summed E-state index contributed by atoms with van der Waals surface area (Å²) in [4.78, 5) is 29.5. The maximum absolute atomic E-state index is 12.0. The Hall–Kier alpha value is -4.16. The van der Waals surface area contributed by atoms with Gasteiger partial charge in [0.05, 0.1) is 18.5 Å². The van der Waals surface area contributed by atoms with Crippen molar-refractivity contribution >= 4 is 17.5 Å². The van der Waals surface area contributed by atoms with Crippen molar-refractivity contribution in [2.45, 2.75) is 25.6 Å².